The third-order valence-electron chi connectivity index (χ3n) is 5.09. The van der Waals surface area contributed by atoms with E-state index in [4.69, 9.17) is 4.42 Å². The molecule has 3 aromatic rings. The second-order valence-electron chi connectivity index (χ2n) is 6.96. The fraction of sp³-hybridized carbons (Fsp3) is 0.286. The molecule has 1 N–H and O–H groups in total. The molecule has 4 rings (SSSR count). The molecule has 1 unspecified atom stereocenters. The molecule has 2 aromatic heterocycles. The highest BCUT2D eigenvalue weighted by molar-refractivity contribution is 6.41. The Hall–Kier alpha value is -3.15. The number of H-pyrrole nitrogens is 1. The van der Waals surface area contributed by atoms with E-state index >= 15 is 0 Å². The first-order valence-electron chi connectivity index (χ1n) is 9.11. The second kappa shape index (κ2) is 7.23. The van der Waals surface area contributed by atoms with Gasteiger partial charge in [0.15, 0.2) is 5.76 Å². The molecule has 138 valence electrons. The van der Waals surface area contributed by atoms with Gasteiger partial charge in [-0.2, -0.15) is 5.10 Å². The van der Waals surface area contributed by atoms with Crippen molar-refractivity contribution < 1.29 is 14.0 Å². The van der Waals surface area contributed by atoms with Gasteiger partial charge in [0.1, 0.15) is 0 Å². The number of rotatable bonds is 4. The van der Waals surface area contributed by atoms with E-state index in [0.717, 1.165) is 29.7 Å². The molecule has 1 atom stereocenters. The van der Waals surface area contributed by atoms with E-state index in [2.05, 4.69) is 41.4 Å². The van der Waals surface area contributed by atoms with Crippen molar-refractivity contribution in [2.75, 3.05) is 13.1 Å². The molecule has 27 heavy (non-hydrogen) atoms. The summed E-state index contributed by atoms with van der Waals surface area (Å²) in [6, 6.07) is 11.4. The van der Waals surface area contributed by atoms with Crippen molar-refractivity contribution in [3.05, 3.63) is 65.9 Å². The maximum atomic E-state index is 12.6. The van der Waals surface area contributed by atoms with Gasteiger partial charge in [-0.3, -0.25) is 14.7 Å². The van der Waals surface area contributed by atoms with Crippen LogP contribution in [0.15, 0.2) is 53.3 Å². The summed E-state index contributed by atoms with van der Waals surface area (Å²) >= 11 is 0. The molecule has 6 heteroatoms. The Labute approximate surface area is 157 Å². The Balaban J connectivity index is 1.54. The van der Waals surface area contributed by atoms with Crippen LogP contribution in [0.1, 0.15) is 40.6 Å². The van der Waals surface area contributed by atoms with Crippen LogP contribution in [0.25, 0.3) is 11.1 Å². The molecule has 0 bridgehead atoms. The molecule has 0 saturated carbocycles. The predicted octanol–water partition coefficient (Wildman–Crippen LogP) is 3.57. The molecule has 1 amide bonds. The normalized spacial score (nSPS) is 17.1. The summed E-state index contributed by atoms with van der Waals surface area (Å²) in [6.45, 7) is 3.13. The quantitative estimate of drug-likeness (QED) is 0.568. The van der Waals surface area contributed by atoms with Crippen molar-refractivity contribution in [2.45, 2.75) is 25.7 Å². The zero-order valence-electron chi connectivity index (χ0n) is 15.1. The lowest BCUT2D eigenvalue weighted by Crippen LogP contribution is -2.42. The summed E-state index contributed by atoms with van der Waals surface area (Å²) in [5.41, 5.74) is 4.36. The number of Topliss-reactive ketones (excluding diaryl/α,β-unsaturated/α-hetero) is 1. The first kappa shape index (κ1) is 17.3. The van der Waals surface area contributed by atoms with Crippen molar-refractivity contribution in [2.24, 2.45) is 0 Å². The van der Waals surface area contributed by atoms with Gasteiger partial charge in [0.25, 0.3) is 11.7 Å². The molecule has 6 nitrogen and oxygen atoms in total. The molecule has 0 aliphatic carbocycles. The average molecular weight is 363 g/mol. The first-order valence-corrected chi connectivity index (χ1v) is 9.11. The Morgan fingerprint density at radius 1 is 1.22 bits per heavy atom. The molecular weight excluding hydrogens is 342 g/mol. The molecule has 1 aromatic carbocycles. The zero-order chi connectivity index (χ0) is 18.8. The van der Waals surface area contributed by atoms with E-state index in [-0.39, 0.29) is 11.7 Å². The summed E-state index contributed by atoms with van der Waals surface area (Å²) in [5.74, 6) is -0.898. The number of carbonyl (C=O) groups is 2. The number of aryl methyl sites for hydroxylation is 1. The smallest absolute Gasteiger partial charge is 0.298 e. The van der Waals surface area contributed by atoms with Crippen LogP contribution in [0.4, 0.5) is 0 Å². The van der Waals surface area contributed by atoms with Crippen LogP contribution in [0.5, 0.6) is 0 Å². The fourth-order valence-electron chi connectivity index (χ4n) is 3.62. The van der Waals surface area contributed by atoms with Crippen LogP contribution in [-0.4, -0.2) is 39.9 Å². The number of furan rings is 1. The number of benzene rings is 1. The van der Waals surface area contributed by atoms with Gasteiger partial charge in [0, 0.05) is 30.3 Å². The number of ketones is 1. The Morgan fingerprint density at radius 3 is 2.78 bits per heavy atom. The number of likely N-dealkylation sites (tertiary alicyclic amines) is 1. The van der Waals surface area contributed by atoms with Gasteiger partial charge in [-0.25, -0.2) is 0 Å². The minimum Gasteiger partial charge on any atom is -0.461 e. The average Bonchev–Trinajstić information content (AvgIpc) is 3.39. The lowest BCUT2D eigenvalue weighted by atomic mass is 9.90. The highest BCUT2D eigenvalue weighted by Gasteiger charge is 2.31. The van der Waals surface area contributed by atoms with Crippen molar-refractivity contribution in [1.82, 2.24) is 15.1 Å². The number of hydrogen-bond acceptors (Lipinski definition) is 4. The predicted molar refractivity (Wildman–Crippen MR) is 100 cm³/mol. The molecule has 1 saturated heterocycles. The number of nitrogens with zero attached hydrogens (tertiary/aromatic N) is 2. The standard InChI is InChI=1S/C21H21N3O3/c1-14-6-8-15(9-7-14)17-12-22-23-19(17)16-4-2-10-24(13-16)21(26)20(25)18-5-3-11-27-18/h3,5-9,11-12,16H,2,4,10,13H2,1H3,(H,22,23). The van der Waals surface area contributed by atoms with Crippen LogP contribution in [0.2, 0.25) is 0 Å². The summed E-state index contributed by atoms with van der Waals surface area (Å²) in [6.07, 6.45) is 5.01. The highest BCUT2D eigenvalue weighted by atomic mass is 16.3. The van der Waals surface area contributed by atoms with Gasteiger partial charge in [0.05, 0.1) is 12.5 Å². The van der Waals surface area contributed by atoms with Crippen LogP contribution in [0.3, 0.4) is 0 Å². The second-order valence-corrected chi connectivity index (χ2v) is 6.96. The SMILES string of the molecule is Cc1ccc(-c2cn[nH]c2C2CCCN(C(=O)C(=O)c3ccco3)C2)cc1. The van der Waals surface area contributed by atoms with E-state index in [9.17, 15) is 9.59 Å². The van der Waals surface area contributed by atoms with E-state index in [1.807, 2.05) is 6.20 Å². The monoisotopic (exact) mass is 363 g/mol. The topological polar surface area (TPSA) is 79.2 Å². The Morgan fingerprint density at radius 2 is 2.04 bits per heavy atom. The molecular formula is C21H21N3O3. The molecule has 0 spiro atoms. The number of carbonyl (C=O) groups excluding carboxylic acids is 2. The van der Waals surface area contributed by atoms with Gasteiger partial charge in [0.2, 0.25) is 0 Å². The van der Waals surface area contributed by atoms with Crippen LogP contribution < -0.4 is 0 Å². The number of hydrogen-bond donors (Lipinski definition) is 1. The number of nitrogens with one attached hydrogen (secondary N) is 1. The van der Waals surface area contributed by atoms with Crippen LogP contribution in [-0.2, 0) is 4.79 Å². The fourth-order valence-corrected chi connectivity index (χ4v) is 3.62. The Kier molecular flexibility index (Phi) is 4.62. The van der Waals surface area contributed by atoms with Crippen LogP contribution >= 0.6 is 0 Å². The third kappa shape index (κ3) is 3.43. The number of aromatic amines is 1. The van der Waals surface area contributed by atoms with Gasteiger partial charge in [-0.1, -0.05) is 29.8 Å². The lowest BCUT2D eigenvalue weighted by Gasteiger charge is -2.32. The minimum atomic E-state index is -0.594. The largest absolute Gasteiger partial charge is 0.461 e. The molecule has 1 fully saturated rings. The number of piperidine rings is 1. The van der Waals surface area contributed by atoms with Gasteiger partial charge >= 0.3 is 0 Å². The third-order valence-corrected chi connectivity index (χ3v) is 5.09. The maximum Gasteiger partial charge on any atom is 0.298 e. The highest BCUT2D eigenvalue weighted by Crippen LogP contribution is 2.33. The van der Waals surface area contributed by atoms with Crippen molar-refractivity contribution >= 4 is 11.7 Å². The molecule has 1 aliphatic rings. The Bertz CT molecular complexity index is 941. The summed E-state index contributed by atoms with van der Waals surface area (Å²) in [7, 11) is 0. The number of amides is 1. The van der Waals surface area contributed by atoms with Crippen molar-refractivity contribution in [3.8, 4) is 11.1 Å². The van der Waals surface area contributed by atoms with Gasteiger partial charge < -0.3 is 9.32 Å². The van der Waals surface area contributed by atoms with Crippen molar-refractivity contribution in [1.29, 1.82) is 0 Å². The maximum absolute atomic E-state index is 12.6. The zero-order valence-corrected chi connectivity index (χ0v) is 15.1. The number of aromatic nitrogens is 2. The molecule has 0 radical (unpaired) electrons. The van der Waals surface area contributed by atoms with E-state index < -0.39 is 11.7 Å². The lowest BCUT2D eigenvalue weighted by molar-refractivity contribution is -0.127. The van der Waals surface area contributed by atoms with E-state index in [1.165, 1.54) is 17.9 Å². The summed E-state index contributed by atoms with van der Waals surface area (Å²) < 4.78 is 5.08. The van der Waals surface area contributed by atoms with E-state index in [0.29, 0.717) is 13.1 Å². The van der Waals surface area contributed by atoms with Crippen molar-refractivity contribution in [3.63, 3.8) is 0 Å². The molecule has 1 aliphatic heterocycles. The molecule has 3 heterocycles. The van der Waals surface area contributed by atoms with Crippen LogP contribution in [0, 0.1) is 6.92 Å². The minimum absolute atomic E-state index is 0.0870. The van der Waals surface area contributed by atoms with Gasteiger partial charge in [-0.15, -0.1) is 0 Å². The first-order chi connectivity index (χ1) is 13.1. The summed E-state index contributed by atoms with van der Waals surface area (Å²) in [4.78, 5) is 26.5. The summed E-state index contributed by atoms with van der Waals surface area (Å²) in [5, 5.41) is 7.34. The van der Waals surface area contributed by atoms with E-state index in [1.54, 1.807) is 11.0 Å². The van der Waals surface area contributed by atoms with Gasteiger partial charge in [-0.05, 0) is 37.5 Å².